The fourth-order valence-corrected chi connectivity index (χ4v) is 2.18. The Morgan fingerprint density at radius 2 is 2.06 bits per heavy atom. The van der Waals surface area contributed by atoms with Crippen LogP contribution in [0.25, 0.3) is 0 Å². The zero-order chi connectivity index (χ0) is 11.1. The highest BCUT2D eigenvalue weighted by molar-refractivity contribution is 7.11. The molecule has 0 aliphatic heterocycles. The van der Waals surface area contributed by atoms with Crippen molar-refractivity contribution in [2.24, 2.45) is 5.73 Å². The SMILES string of the molecule is Cc1nc(CNC(=O)C2(N)CC2)sc1C.Cl.Cl. The number of nitrogens with zero attached hydrogens (tertiary/aromatic N) is 1. The standard InChI is InChI=1S/C10H15N3OS.2ClH/c1-6-7(2)15-8(13-6)5-12-9(14)10(11)3-4-10;;/h3-5,11H2,1-2H3,(H,12,14);2*1H. The molecule has 0 unspecified atom stereocenters. The highest BCUT2D eigenvalue weighted by Crippen LogP contribution is 2.32. The number of halogens is 2. The lowest BCUT2D eigenvalue weighted by Gasteiger charge is -2.07. The van der Waals surface area contributed by atoms with Gasteiger partial charge >= 0.3 is 0 Å². The van der Waals surface area contributed by atoms with Crippen LogP contribution in [0.4, 0.5) is 0 Å². The maximum Gasteiger partial charge on any atom is 0.240 e. The molecule has 0 saturated heterocycles. The van der Waals surface area contributed by atoms with Crippen LogP contribution in [0.1, 0.15) is 28.4 Å². The van der Waals surface area contributed by atoms with Gasteiger partial charge in [0.2, 0.25) is 5.91 Å². The summed E-state index contributed by atoms with van der Waals surface area (Å²) in [6.07, 6.45) is 1.60. The summed E-state index contributed by atoms with van der Waals surface area (Å²) in [5, 5.41) is 3.77. The molecule has 3 N–H and O–H groups in total. The van der Waals surface area contributed by atoms with E-state index in [0.717, 1.165) is 23.5 Å². The molecule has 1 aromatic heterocycles. The number of carbonyl (C=O) groups excluding carboxylic acids is 1. The van der Waals surface area contributed by atoms with Crippen LogP contribution in [0.2, 0.25) is 0 Å². The van der Waals surface area contributed by atoms with Crippen molar-refractivity contribution in [3.8, 4) is 0 Å². The van der Waals surface area contributed by atoms with Gasteiger partial charge in [-0.3, -0.25) is 4.79 Å². The van der Waals surface area contributed by atoms with Gasteiger partial charge in [0.25, 0.3) is 0 Å². The Balaban J connectivity index is 0.00000128. The fourth-order valence-electron chi connectivity index (χ4n) is 1.31. The molecule has 1 aliphatic rings. The van der Waals surface area contributed by atoms with Crippen LogP contribution in [0.15, 0.2) is 0 Å². The quantitative estimate of drug-likeness (QED) is 0.892. The summed E-state index contributed by atoms with van der Waals surface area (Å²) in [6, 6.07) is 0. The predicted molar refractivity (Wildman–Crippen MR) is 74.1 cm³/mol. The molecule has 4 nitrogen and oxygen atoms in total. The summed E-state index contributed by atoms with van der Waals surface area (Å²) in [4.78, 5) is 17.1. The van der Waals surface area contributed by atoms with E-state index in [1.54, 1.807) is 11.3 Å². The normalized spacial score (nSPS) is 15.5. The molecular formula is C10H17Cl2N3OS. The number of nitrogens with one attached hydrogen (secondary N) is 1. The van der Waals surface area contributed by atoms with E-state index in [-0.39, 0.29) is 30.7 Å². The van der Waals surface area contributed by atoms with E-state index in [1.165, 1.54) is 4.88 Å². The maximum absolute atomic E-state index is 11.5. The Bertz CT molecular complexity index is 385. The van der Waals surface area contributed by atoms with E-state index in [0.29, 0.717) is 6.54 Å². The molecule has 0 spiro atoms. The first-order valence-electron chi connectivity index (χ1n) is 5.01. The molecule has 1 amide bonds. The van der Waals surface area contributed by atoms with Gasteiger partial charge < -0.3 is 11.1 Å². The number of hydrogen-bond donors (Lipinski definition) is 2. The molecule has 7 heteroatoms. The second kappa shape index (κ2) is 6.00. The minimum atomic E-state index is -0.582. The topological polar surface area (TPSA) is 68.0 Å². The Hall–Kier alpha value is -0.360. The van der Waals surface area contributed by atoms with Crippen molar-refractivity contribution in [1.82, 2.24) is 10.3 Å². The number of thiazole rings is 1. The van der Waals surface area contributed by atoms with Crippen molar-refractivity contribution in [2.45, 2.75) is 38.8 Å². The van der Waals surface area contributed by atoms with Crippen molar-refractivity contribution < 1.29 is 4.79 Å². The smallest absolute Gasteiger partial charge is 0.240 e. The van der Waals surface area contributed by atoms with E-state index >= 15 is 0 Å². The highest BCUT2D eigenvalue weighted by Gasteiger charge is 2.45. The molecule has 0 aromatic carbocycles. The van der Waals surface area contributed by atoms with E-state index in [9.17, 15) is 4.79 Å². The molecule has 1 aromatic rings. The summed E-state index contributed by atoms with van der Waals surface area (Å²) in [5.74, 6) is -0.0481. The zero-order valence-electron chi connectivity index (χ0n) is 9.78. The number of carbonyl (C=O) groups is 1. The summed E-state index contributed by atoms with van der Waals surface area (Å²) in [7, 11) is 0. The molecule has 0 bridgehead atoms. The van der Waals surface area contributed by atoms with Crippen LogP contribution in [0.3, 0.4) is 0 Å². The lowest BCUT2D eigenvalue weighted by Crippen LogP contribution is -2.42. The maximum atomic E-state index is 11.5. The van der Waals surface area contributed by atoms with Crippen LogP contribution >= 0.6 is 36.2 Å². The van der Waals surface area contributed by atoms with Gasteiger partial charge in [0.15, 0.2) is 0 Å². The molecule has 1 fully saturated rings. The fraction of sp³-hybridized carbons (Fsp3) is 0.600. The summed E-state index contributed by atoms with van der Waals surface area (Å²) >= 11 is 1.62. The van der Waals surface area contributed by atoms with Crippen molar-refractivity contribution >= 4 is 42.1 Å². The molecule has 1 aliphatic carbocycles. The minimum absolute atomic E-state index is 0. The van der Waals surface area contributed by atoms with Crippen molar-refractivity contribution in [2.75, 3.05) is 0 Å². The van der Waals surface area contributed by atoms with Crippen LogP contribution in [0, 0.1) is 13.8 Å². The first-order chi connectivity index (χ1) is 7.01. The monoisotopic (exact) mass is 297 g/mol. The second-order valence-corrected chi connectivity index (χ2v) is 5.38. The molecule has 98 valence electrons. The van der Waals surface area contributed by atoms with Crippen molar-refractivity contribution in [1.29, 1.82) is 0 Å². The Labute approximate surface area is 117 Å². The average molecular weight is 298 g/mol. The Morgan fingerprint density at radius 3 is 2.47 bits per heavy atom. The number of rotatable bonds is 3. The summed E-state index contributed by atoms with van der Waals surface area (Å²) in [6.45, 7) is 4.50. The number of aryl methyl sites for hydroxylation is 2. The van der Waals surface area contributed by atoms with Gasteiger partial charge in [0.05, 0.1) is 17.8 Å². The molecule has 1 heterocycles. The van der Waals surface area contributed by atoms with E-state index in [4.69, 9.17) is 5.73 Å². The van der Waals surface area contributed by atoms with Gasteiger partial charge in [-0.2, -0.15) is 0 Å². The highest BCUT2D eigenvalue weighted by atomic mass is 35.5. The van der Waals surface area contributed by atoms with Crippen molar-refractivity contribution in [3.63, 3.8) is 0 Å². The number of amides is 1. The molecule has 1 saturated carbocycles. The summed E-state index contributed by atoms with van der Waals surface area (Å²) in [5.41, 5.74) is 6.22. The Morgan fingerprint density at radius 1 is 1.47 bits per heavy atom. The van der Waals surface area contributed by atoms with E-state index in [1.807, 2.05) is 13.8 Å². The van der Waals surface area contributed by atoms with Gasteiger partial charge in [-0.1, -0.05) is 0 Å². The largest absolute Gasteiger partial charge is 0.348 e. The van der Waals surface area contributed by atoms with Crippen LogP contribution in [-0.4, -0.2) is 16.4 Å². The van der Waals surface area contributed by atoms with E-state index < -0.39 is 5.54 Å². The minimum Gasteiger partial charge on any atom is -0.348 e. The molecular weight excluding hydrogens is 281 g/mol. The third-order valence-electron chi connectivity index (χ3n) is 2.71. The summed E-state index contributed by atoms with van der Waals surface area (Å²) < 4.78 is 0. The number of hydrogen-bond acceptors (Lipinski definition) is 4. The zero-order valence-corrected chi connectivity index (χ0v) is 12.2. The van der Waals surface area contributed by atoms with Gasteiger partial charge in [-0.05, 0) is 26.7 Å². The molecule has 2 rings (SSSR count). The molecule has 17 heavy (non-hydrogen) atoms. The van der Waals surface area contributed by atoms with Gasteiger partial charge in [0.1, 0.15) is 5.01 Å². The predicted octanol–water partition coefficient (Wildman–Crippen LogP) is 1.71. The van der Waals surface area contributed by atoms with Crippen LogP contribution < -0.4 is 11.1 Å². The average Bonchev–Trinajstić information content (AvgIpc) is 2.85. The lowest BCUT2D eigenvalue weighted by molar-refractivity contribution is -0.123. The van der Waals surface area contributed by atoms with Gasteiger partial charge in [-0.25, -0.2) is 4.98 Å². The van der Waals surface area contributed by atoms with Crippen molar-refractivity contribution in [3.05, 3.63) is 15.6 Å². The van der Waals surface area contributed by atoms with Gasteiger partial charge in [0, 0.05) is 4.88 Å². The number of nitrogens with two attached hydrogens (primary N) is 1. The van der Waals surface area contributed by atoms with Crippen LogP contribution in [0.5, 0.6) is 0 Å². The third kappa shape index (κ3) is 3.81. The first kappa shape index (κ1) is 16.6. The molecule has 0 radical (unpaired) electrons. The van der Waals surface area contributed by atoms with Gasteiger partial charge in [-0.15, -0.1) is 36.2 Å². The Kier molecular flexibility index (Phi) is 5.87. The van der Waals surface area contributed by atoms with E-state index in [2.05, 4.69) is 10.3 Å². The third-order valence-corrected chi connectivity index (χ3v) is 3.79. The molecule has 0 atom stereocenters. The first-order valence-corrected chi connectivity index (χ1v) is 5.83. The second-order valence-electron chi connectivity index (χ2n) is 4.09. The van der Waals surface area contributed by atoms with Crippen LogP contribution in [-0.2, 0) is 11.3 Å². The lowest BCUT2D eigenvalue weighted by atomic mass is 10.3. The number of aromatic nitrogens is 1.